The molecule has 25 heavy (non-hydrogen) atoms. The van der Waals surface area contributed by atoms with Crippen LogP contribution < -0.4 is 5.32 Å². The zero-order valence-corrected chi connectivity index (χ0v) is 13.6. The molecule has 0 saturated carbocycles. The second kappa shape index (κ2) is 7.38. The van der Waals surface area contributed by atoms with Crippen molar-refractivity contribution in [3.05, 3.63) is 64.7 Å². The van der Waals surface area contributed by atoms with Crippen molar-refractivity contribution in [2.75, 3.05) is 11.9 Å². The van der Waals surface area contributed by atoms with Crippen molar-refractivity contribution in [2.24, 2.45) is 0 Å². The van der Waals surface area contributed by atoms with Crippen LogP contribution in [0.4, 0.5) is 18.9 Å². The lowest BCUT2D eigenvalue weighted by atomic mass is 10.1. The van der Waals surface area contributed by atoms with Gasteiger partial charge in [-0.25, -0.2) is 4.79 Å². The van der Waals surface area contributed by atoms with E-state index in [4.69, 9.17) is 4.74 Å². The number of benzene rings is 2. The number of alkyl halides is 3. The van der Waals surface area contributed by atoms with Crippen LogP contribution >= 0.6 is 0 Å². The number of aryl methyl sites for hydroxylation is 2. The predicted octanol–water partition coefficient (Wildman–Crippen LogP) is 4.12. The molecule has 2 aromatic rings. The number of para-hydroxylation sites is 1. The molecule has 4 nitrogen and oxygen atoms in total. The van der Waals surface area contributed by atoms with Gasteiger partial charge in [-0.2, -0.15) is 13.2 Å². The lowest BCUT2D eigenvalue weighted by Crippen LogP contribution is -2.22. The molecular weight excluding hydrogens is 335 g/mol. The van der Waals surface area contributed by atoms with Crippen LogP contribution in [0.5, 0.6) is 0 Å². The zero-order valence-electron chi connectivity index (χ0n) is 13.6. The first-order valence-electron chi connectivity index (χ1n) is 7.39. The molecule has 0 radical (unpaired) electrons. The molecule has 1 amide bonds. The first kappa shape index (κ1) is 18.5. The fourth-order valence-corrected chi connectivity index (χ4v) is 2.22. The minimum atomic E-state index is -4.56. The number of hydrogen-bond acceptors (Lipinski definition) is 3. The van der Waals surface area contributed by atoms with Gasteiger partial charge in [0.1, 0.15) is 0 Å². The van der Waals surface area contributed by atoms with Gasteiger partial charge in [-0.1, -0.05) is 24.3 Å². The van der Waals surface area contributed by atoms with Gasteiger partial charge < -0.3 is 10.1 Å². The Hall–Kier alpha value is -2.83. The summed E-state index contributed by atoms with van der Waals surface area (Å²) in [4.78, 5) is 23.8. The number of anilines is 1. The van der Waals surface area contributed by atoms with Gasteiger partial charge in [-0.15, -0.1) is 0 Å². The van der Waals surface area contributed by atoms with Gasteiger partial charge in [0.15, 0.2) is 6.61 Å². The van der Waals surface area contributed by atoms with Crippen LogP contribution in [-0.4, -0.2) is 18.5 Å². The van der Waals surface area contributed by atoms with Crippen LogP contribution in [-0.2, 0) is 15.7 Å². The Labute approximate surface area is 142 Å². The molecule has 0 heterocycles. The van der Waals surface area contributed by atoms with Gasteiger partial charge in [0.05, 0.1) is 11.1 Å². The molecule has 0 aliphatic carbocycles. The van der Waals surface area contributed by atoms with Crippen LogP contribution in [0.15, 0.2) is 42.5 Å². The van der Waals surface area contributed by atoms with Gasteiger partial charge in [-0.3, -0.25) is 4.79 Å². The van der Waals surface area contributed by atoms with Crippen molar-refractivity contribution in [3.8, 4) is 0 Å². The maximum absolute atomic E-state index is 12.6. The van der Waals surface area contributed by atoms with Crippen molar-refractivity contribution in [1.82, 2.24) is 0 Å². The first-order chi connectivity index (χ1) is 11.7. The third-order valence-electron chi connectivity index (χ3n) is 3.51. The van der Waals surface area contributed by atoms with Crippen LogP contribution in [0.25, 0.3) is 0 Å². The molecule has 0 aliphatic heterocycles. The number of esters is 1. The Bertz CT molecular complexity index is 780. The van der Waals surface area contributed by atoms with E-state index in [2.05, 4.69) is 5.32 Å². The van der Waals surface area contributed by atoms with E-state index in [0.29, 0.717) is 11.8 Å². The summed E-state index contributed by atoms with van der Waals surface area (Å²) in [7, 11) is 0. The third kappa shape index (κ3) is 4.82. The summed E-state index contributed by atoms with van der Waals surface area (Å²) in [6, 6.07) is 9.32. The minimum Gasteiger partial charge on any atom is -0.452 e. The van der Waals surface area contributed by atoms with E-state index >= 15 is 0 Å². The van der Waals surface area contributed by atoms with E-state index in [1.807, 2.05) is 32.0 Å². The number of amides is 1. The average molecular weight is 351 g/mol. The zero-order chi connectivity index (χ0) is 18.6. The Morgan fingerprint density at radius 3 is 2.24 bits per heavy atom. The molecule has 1 N–H and O–H groups in total. The lowest BCUT2D eigenvalue weighted by molar-refractivity contribution is -0.137. The molecule has 0 atom stereocenters. The molecule has 2 rings (SSSR count). The van der Waals surface area contributed by atoms with E-state index in [-0.39, 0.29) is 5.56 Å². The van der Waals surface area contributed by atoms with Crippen molar-refractivity contribution in [3.63, 3.8) is 0 Å². The summed E-state index contributed by atoms with van der Waals surface area (Å²) in [5, 5.41) is 2.62. The summed E-state index contributed by atoms with van der Waals surface area (Å²) in [6.07, 6.45) is -4.56. The number of halogens is 3. The first-order valence-corrected chi connectivity index (χ1v) is 7.39. The summed E-state index contributed by atoms with van der Waals surface area (Å²) in [5.41, 5.74) is 1.08. The smallest absolute Gasteiger partial charge is 0.416 e. The molecule has 0 spiro atoms. The fraction of sp³-hybridized carbons (Fsp3) is 0.222. The highest BCUT2D eigenvalue weighted by Gasteiger charge is 2.31. The topological polar surface area (TPSA) is 55.4 Å². The molecule has 132 valence electrons. The number of ether oxygens (including phenoxy) is 1. The van der Waals surface area contributed by atoms with Gasteiger partial charge in [0.25, 0.3) is 5.91 Å². The highest BCUT2D eigenvalue weighted by atomic mass is 19.4. The highest BCUT2D eigenvalue weighted by molar-refractivity contribution is 5.96. The van der Waals surface area contributed by atoms with Crippen LogP contribution in [0.3, 0.4) is 0 Å². The second-order valence-electron chi connectivity index (χ2n) is 5.47. The molecule has 7 heteroatoms. The SMILES string of the molecule is Cc1cccc(C)c1NC(=O)COC(=O)c1cccc(C(F)(F)F)c1. The highest BCUT2D eigenvalue weighted by Crippen LogP contribution is 2.29. The molecule has 0 fully saturated rings. The summed E-state index contributed by atoms with van der Waals surface area (Å²) < 4.78 is 42.7. The third-order valence-corrected chi connectivity index (χ3v) is 3.51. The summed E-state index contributed by atoms with van der Waals surface area (Å²) >= 11 is 0. The number of hydrogen-bond donors (Lipinski definition) is 1. The quantitative estimate of drug-likeness (QED) is 0.843. The molecule has 0 unspecified atom stereocenters. The van der Waals surface area contributed by atoms with E-state index in [0.717, 1.165) is 23.3 Å². The maximum Gasteiger partial charge on any atom is 0.416 e. The van der Waals surface area contributed by atoms with Gasteiger partial charge >= 0.3 is 12.1 Å². The summed E-state index contributed by atoms with van der Waals surface area (Å²) in [5.74, 6) is -1.57. The maximum atomic E-state index is 12.6. The van der Waals surface area contributed by atoms with Crippen LogP contribution in [0.1, 0.15) is 27.0 Å². The fourth-order valence-electron chi connectivity index (χ4n) is 2.22. The molecular formula is C18H16F3NO3. The van der Waals surface area contributed by atoms with Crippen LogP contribution in [0, 0.1) is 13.8 Å². The van der Waals surface area contributed by atoms with Crippen molar-refractivity contribution < 1.29 is 27.5 Å². The van der Waals surface area contributed by atoms with E-state index < -0.39 is 30.2 Å². The van der Waals surface area contributed by atoms with Gasteiger partial charge in [0, 0.05) is 5.69 Å². The Kier molecular flexibility index (Phi) is 5.46. The van der Waals surface area contributed by atoms with Crippen molar-refractivity contribution in [1.29, 1.82) is 0 Å². The molecule has 0 bridgehead atoms. The standard InChI is InChI=1S/C18H16F3NO3/c1-11-5-3-6-12(2)16(11)22-15(23)10-25-17(24)13-7-4-8-14(9-13)18(19,20)21/h3-9H,10H2,1-2H3,(H,22,23). The van der Waals surface area contributed by atoms with E-state index in [1.54, 1.807) is 0 Å². The average Bonchev–Trinajstić information content (AvgIpc) is 2.55. The van der Waals surface area contributed by atoms with E-state index in [9.17, 15) is 22.8 Å². The molecule has 0 aliphatic rings. The molecule has 0 saturated heterocycles. The Balaban J connectivity index is 1.99. The Morgan fingerprint density at radius 1 is 1.04 bits per heavy atom. The van der Waals surface area contributed by atoms with Crippen molar-refractivity contribution in [2.45, 2.75) is 20.0 Å². The minimum absolute atomic E-state index is 0.269. The number of carbonyl (C=O) groups is 2. The largest absolute Gasteiger partial charge is 0.452 e. The molecule has 2 aromatic carbocycles. The van der Waals surface area contributed by atoms with E-state index in [1.165, 1.54) is 6.07 Å². The monoisotopic (exact) mass is 351 g/mol. The van der Waals surface area contributed by atoms with Crippen molar-refractivity contribution >= 4 is 17.6 Å². The predicted molar refractivity (Wildman–Crippen MR) is 86.3 cm³/mol. The van der Waals surface area contributed by atoms with Crippen LogP contribution in [0.2, 0.25) is 0 Å². The Morgan fingerprint density at radius 2 is 1.64 bits per heavy atom. The van der Waals surface area contributed by atoms with Gasteiger partial charge in [-0.05, 0) is 43.2 Å². The lowest BCUT2D eigenvalue weighted by Gasteiger charge is -2.12. The number of nitrogens with one attached hydrogen (secondary N) is 1. The number of rotatable bonds is 4. The normalized spacial score (nSPS) is 11.1. The number of carbonyl (C=O) groups excluding carboxylic acids is 2. The summed E-state index contributed by atoms with van der Waals surface area (Å²) in [6.45, 7) is 3.04. The van der Waals surface area contributed by atoms with Gasteiger partial charge in [0.2, 0.25) is 0 Å². The molecule has 0 aromatic heterocycles. The second-order valence-corrected chi connectivity index (χ2v) is 5.47.